The first-order valence-electron chi connectivity index (χ1n) is 7.90. The number of carbonyl (C=O) groups excluding carboxylic acids is 1. The second-order valence-electron chi connectivity index (χ2n) is 5.63. The molecule has 0 unspecified atom stereocenters. The van der Waals surface area contributed by atoms with Gasteiger partial charge in [-0.25, -0.2) is 0 Å². The van der Waals surface area contributed by atoms with E-state index < -0.39 is 0 Å². The molecule has 6 heteroatoms. The second-order valence-corrected chi connectivity index (χ2v) is 6.67. The molecule has 0 aliphatic carbocycles. The van der Waals surface area contributed by atoms with Crippen molar-refractivity contribution in [1.82, 2.24) is 9.80 Å². The van der Waals surface area contributed by atoms with E-state index in [1.165, 1.54) is 4.88 Å². The molecule has 0 radical (unpaired) electrons. The van der Waals surface area contributed by atoms with Crippen molar-refractivity contribution in [2.45, 2.75) is 6.54 Å². The zero-order chi connectivity index (χ0) is 16.8. The molecule has 1 saturated heterocycles. The van der Waals surface area contributed by atoms with Crippen LogP contribution >= 0.6 is 11.3 Å². The minimum absolute atomic E-state index is 0.0242. The topological polar surface area (TPSA) is 56.6 Å². The summed E-state index contributed by atoms with van der Waals surface area (Å²) in [4.78, 5) is 17.8. The van der Waals surface area contributed by atoms with Gasteiger partial charge in [-0.2, -0.15) is 5.26 Å². The van der Waals surface area contributed by atoms with E-state index in [0.717, 1.165) is 19.6 Å². The van der Waals surface area contributed by atoms with Crippen molar-refractivity contribution in [3.8, 4) is 11.8 Å². The van der Waals surface area contributed by atoms with E-state index >= 15 is 0 Å². The van der Waals surface area contributed by atoms with Crippen LogP contribution in [0.4, 0.5) is 0 Å². The zero-order valence-corrected chi connectivity index (χ0v) is 14.2. The highest BCUT2D eigenvalue weighted by Gasteiger charge is 2.21. The summed E-state index contributed by atoms with van der Waals surface area (Å²) in [5, 5.41) is 11.1. The Morgan fingerprint density at radius 1 is 1.17 bits per heavy atom. The highest BCUT2D eigenvalue weighted by atomic mass is 32.1. The third kappa shape index (κ3) is 4.13. The van der Waals surface area contributed by atoms with Gasteiger partial charge in [-0.15, -0.1) is 11.3 Å². The standard InChI is InChI=1S/C18H19N3O2S/c19-12-15-4-1-2-6-17(15)23-14-18(22)21-9-7-20(8-10-21)13-16-5-3-11-24-16/h1-6,11H,7-10,13-14H2. The van der Waals surface area contributed by atoms with Crippen LogP contribution in [0.5, 0.6) is 5.75 Å². The maximum absolute atomic E-state index is 12.3. The number of benzene rings is 1. The number of piperazine rings is 1. The lowest BCUT2D eigenvalue weighted by Gasteiger charge is -2.34. The number of para-hydroxylation sites is 1. The van der Waals surface area contributed by atoms with Crippen LogP contribution < -0.4 is 4.74 Å². The van der Waals surface area contributed by atoms with Gasteiger partial charge >= 0.3 is 0 Å². The fourth-order valence-electron chi connectivity index (χ4n) is 2.69. The van der Waals surface area contributed by atoms with Crippen molar-refractivity contribution in [3.05, 3.63) is 52.2 Å². The van der Waals surface area contributed by atoms with E-state index in [0.29, 0.717) is 24.4 Å². The fraction of sp³-hybridized carbons (Fsp3) is 0.333. The Morgan fingerprint density at radius 3 is 2.67 bits per heavy atom. The van der Waals surface area contributed by atoms with Crippen molar-refractivity contribution < 1.29 is 9.53 Å². The van der Waals surface area contributed by atoms with Crippen molar-refractivity contribution in [2.24, 2.45) is 0 Å². The predicted molar refractivity (Wildman–Crippen MR) is 92.8 cm³/mol. The Balaban J connectivity index is 1.46. The van der Waals surface area contributed by atoms with Gasteiger partial charge in [-0.1, -0.05) is 18.2 Å². The Kier molecular flexibility index (Phi) is 5.47. The van der Waals surface area contributed by atoms with Crippen LogP contribution in [0.25, 0.3) is 0 Å². The summed E-state index contributed by atoms with van der Waals surface area (Å²) < 4.78 is 5.53. The first-order valence-corrected chi connectivity index (χ1v) is 8.78. The van der Waals surface area contributed by atoms with Gasteiger partial charge in [-0.3, -0.25) is 9.69 Å². The summed E-state index contributed by atoms with van der Waals surface area (Å²) >= 11 is 1.76. The van der Waals surface area contributed by atoms with Crippen LogP contribution in [0.2, 0.25) is 0 Å². The number of ether oxygens (including phenoxy) is 1. The smallest absolute Gasteiger partial charge is 0.260 e. The second kappa shape index (κ2) is 7.95. The monoisotopic (exact) mass is 341 g/mol. The fourth-order valence-corrected chi connectivity index (χ4v) is 3.44. The first kappa shape index (κ1) is 16.5. The number of rotatable bonds is 5. The molecular formula is C18H19N3O2S. The minimum Gasteiger partial charge on any atom is -0.482 e. The molecule has 2 heterocycles. The van der Waals surface area contributed by atoms with Crippen LogP contribution in [0.15, 0.2) is 41.8 Å². The van der Waals surface area contributed by atoms with Crippen molar-refractivity contribution in [2.75, 3.05) is 32.8 Å². The SMILES string of the molecule is N#Cc1ccccc1OCC(=O)N1CCN(Cc2cccs2)CC1. The summed E-state index contributed by atoms with van der Waals surface area (Å²) in [6.45, 7) is 4.10. The van der Waals surface area contributed by atoms with E-state index in [1.807, 2.05) is 4.90 Å². The molecular weight excluding hydrogens is 322 g/mol. The van der Waals surface area contributed by atoms with Gasteiger partial charge in [0.15, 0.2) is 6.61 Å². The Labute approximate surface area is 145 Å². The third-order valence-corrected chi connectivity index (χ3v) is 4.90. The normalized spacial score (nSPS) is 15.0. The molecule has 1 aliphatic rings. The molecule has 0 N–H and O–H groups in total. The Hall–Kier alpha value is -2.36. The summed E-state index contributed by atoms with van der Waals surface area (Å²) in [5.74, 6) is 0.434. The largest absolute Gasteiger partial charge is 0.482 e. The first-order chi connectivity index (χ1) is 11.8. The van der Waals surface area contributed by atoms with Crippen LogP contribution in [0.3, 0.4) is 0 Å². The molecule has 0 saturated carbocycles. The minimum atomic E-state index is -0.0292. The molecule has 1 aromatic heterocycles. The van der Waals surface area contributed by atoms with E-state index in [9.17, 15) is 4.79 Å². The summed E-state index contributed by atoms with van der Waals surface area (Å²) in [5.41, 5.74) is 0.450. The van der Waals surface area contributed by atoms with Crippen LogP contribution in [0.1, 0.15) is 10.4 Å². The number of nitriles is 1. The lowest BCUT2D eigenvalue weighted by molar-refractivity contribution is -0.135. The summed E-state index contributed by atoms with van der Waals surface area (Å²) in [6, 6.07) is 13.2. The lowest BCUT2D eigenvalue weighted by atomic mass is 10.2. The van der Waals surface area contributed by atoms with E-state index in [2.05, 4.69) is 28.5 Å². The molecule has 1 aliphatic heterocycles. The van der Waals surface area contributed by atoms with Gasteiger partial charge in [0.2, 0.25) is 0 Å². The van der Waals surface area contributed by atoms with Gasteiger partial charge in [0.05, 0.1) is 5.56 Å². The molecule has 1 fully saturated rings. The van der Waals surface area contributed by atoms with Gasteiger partial charge in [0.25, 0.3) is 5.91 Å². The van der Waals surface area contributed by atoms with Crippen molar-refractivity contribution in [1.29, 1.82) is 5.26 Å². The number of thiophene rings is 1. The average molecular weight is 341 g/mol. The van der Waals surface area contributed by atoms with Crippen molar-refractivity contribution >= 4 is 17.2 Å². The predicted octanol–water partition coefficient (Wildman–Crippen LogP) is 2.34. The number of hydrogen-bond acceptors (Lipinski definition) is 5. The maximum Gasteiger partial charge on any atom is 0.260 e. The molecule has 0 spiro atoms. The number of nitrogens with zero attached hydrogens (tertiary/aromatic N) is 3. The molecule has 2 aromatic rings. The third-order valence-electron chi connectivity index (χ3n) is 4.04. The van der Waals surface area contributed by atoms with Crippen LogP contribution in [0, 0.1) is 11.3 Å². The lowest BCUT2D eigenvalue weighted by Crippen LogP contribution is -2.49. The Morgan fingerprint density at radius 2 is 1.96 bits per heavy atom. The molecule has 1 amide bonds. The maximum atomic E-state index is 12.3. The zero-order valence-electron chi connectivity index (χ0n) is 13.4. The summed E-state index contributed by atoms with van der Waals surface area (Å²) in [6.07, 6.45) is 0. The van der Waals surface area contributed by atoms with Gasteiger partial charge in [0.1, 0.15) is 11.8 Å². The van der Waals surface area contributed by atoms with Crippen molar-refractivity contribution in [3.63, 3.8) is 0 Å². The molecule has 24 heavy (non-hydrogen) atoms. The molecule has 1 aromatic carbocycles. The number of carbonyl (C=O) groups is 1. The molecule has 5 nitrogen and oxygen atoms in total. The highest BCUT2D eigenvalue weighted by molar-refractivity contribution is 7.09. The summed E-state index contributed by atoms with van der Waals surface area (Å²) in [7, 11) is 0. The highest BCUT2D eigenvalue weighted by Crippen LogP contribution is 2.17. The number of amides is 1. The average Bonchev–Trinajstić information content (AvgIpc) is 3.13. The van der Waals surface area contributed by atoms with Gasteiger partial charge in [-0.05, 0) is 23.6 Å². The van der Waals surface area contributed by atoms with Gasteiger partial charge in [0, 0.05) is 37.6 Å². The van der Waals surface area contributed by atoms with Gasteiger partial charge < -0.3 is 9.64 Å². The van der Waals surface area contributed by atoms with Crippen LogP contribution in [-0.2, 0) is 11.3 Å². The van der Waals surface area contributed by atoms with E-state index in [1.54, 1.807) is 35.6 Å². The quantitative estimate of drug-likeness (QED) is 0.838. The molecule has 3 rings (SSSR count). The molecule has 0 bridgehead atoms. The van der Waals surface area contributed by atoms with E-state index in [-0.39, 0.29) is 12.5 Å². The van der Waals surface area contributed by atoms with E-state index in [4.69, 9.17) is 10.00 Å². The van der Waals surface area contributed by atoms with Crippen LogP contribution in [-0.4, -0.2) is 48.5 Å². The Bertz CT molecular complexity index is 716. The molecule has 0 atom stereocenters. The molecule has 124 valence electrons. The number of hydrogen-bond donors (Lipinski definition) is 0.